The lowest BCUT2D eigenvalue weighted by Gasteiger charge is -2.13. The molecule has 0 amide bonds. The summed E-state index contributed by atoms with van der Waals surface area (Å²) in [5, 5.41) is 6.20. The number of halogens is 3. The summed E-state index contributed by atoms with van der Waals surface area (Å²) in [7, 11) is 0. The zero-order chi connectivity index (χ0) is 23.5. The van der Waals surface area contributed by atoms with E-state index in [1.165, 1.54) is 12.1 Å². The number of rotatable bonds is 13. The van der Waals surface area contributed by atoms with Gasteiger partial charge in [-0.05, 0) is 25.0 Å². The Morgan fingerprint density at radius 1 is 0.970 bits per heavy atom. The molecule has 0 spiro atoms. The molecule has 182 valence electrons. The third-order valence-corrected chi connectivity index (χ3v) is 4.78. The standard InChI is InChI=1S/C21H29F3N6O3/c22-21(23,24)16-5-3-15(4-6-16)18-28-19(26-8-11-32-13-12-31-10-7-25)30-20(29-18)27-14-17-2-1-9-33-17/h3-6,17H,1-2,7-14,25H2,(H2,26,27,28,29,30). The van der Waals surface area contributed by atoms with E-state index in [1.807, 2.05) is 0 Å². The minimum Gasteiger partial charge on any atom is -0.378 e. The van der Waals surface area contributed by atoms with Crippen LogP contribution < -0.4 is 16.4 Å². The Kier molecular flexibility index (Phi) is 9.61. The highest BCUT2D eigenvalue weighted by molar-refractivity contribution is 5.58. The first-order valence-electron chi connectivity index (χ1n) is 10.8. The predicted octanol–water partition coefficient (Wildman–Crippen LogP) is 2.55. The number of benzene rings is 1. The van der Waals surface area contributed by atoms with E-state index in [-0.39, 0.29) is 17.9 Å². The zero-order valence-electron chi connectivity index (χ0n) is 18.2. The molecular formula is C21H29F3N6O3. The molecular weight excluding hydrogens is 441 g/mol. The van der Waals surface area contributed by atoms with Crippen LogP contribution in [0.5, 0.6) is 0 Å². The fraction of sp³-hybridized carbons (Fsp3) is 0.571. The normalized spacial score (nSPS) is 16.2. The Hall–Kier alpha value is -2.54. The van der Waals surface area contributed by atoms with Crippen LogP contribution in [-0.2, 0) is 20.4 Å². The molecule has 1 aromatic heterocycles. The third-order valence-electron chi connectivity index (χ3n) is 4.78. The van der Waals surface area contributed by atoms with Crippen molar-refractivity contribution < 1.29 is 27.4 Å². The lowest BCUT2D eigenvalue weighted by molar-refractivity contribution is -0.137. The van der Waals surface area contributed by atoms with Crippen LogP contribution in [0, 0.1) is 0 Å². The van der Waals surface area contributed by atoms with Gasteiger partial charge in [0.05, 0.1) is 38.1 Å². The van der Waals surface area contributed by atoms with Crippen molar-refractivity contribution in [2.45, 2.75) is 25.1 Å². The maximum absolute atomic E-state index is 12.9. The van der Waals surface area contributed by atoms with Gasteiger partial charge in [-0.3, -0.25) is 0 Å². The third kappa shape index (κ3) is 8.39. The van der Waals surface area contributed by atoms with Gasteiger partial charge in [-0.2, -0.15) is 28.1 Å². The van der Waals surface area contributed by atoms with Gasteiger partial charge in [-0.1, -0.05) is 12.1 Å². The van der Waals surface area contributed by atoms with Crippen molar-refractivity contribution in [2.75, 3.05) is 63.3 Å². The molecule has 0 saturated carbocycles. The van der Waals surface area contributed by atoms with E-state index in [1.54, 1.807) is 0 Å². The van der Waals surface area contributed by atoms with Crippen LogP contribution in [0.4, 0.5) is 25.1 Å². The van der Waals surface area contributed by atoms with Crippen LogP contribution >= 0.6 is 0 Å². The number of hydrogen-bond donors (Lipinski definition) is 3. The van der Waals surface area contributed by atoms with E-state index in [9.17, 15) is 13.2 Å². The molecule has 1 unspecified atom stereocenters. The summed E-state index contributed by atoms with van der Waals surface area (Å²) in [4.78, 5) is 13.1. The van der Waals surface area contributed by atoms with Crippen molar-refractivity contribution >= 4 is 11.9 Å². The van der Waals surface area contributed by atoms with Gasteiger partial charge < -0.3 is 30.6 Å². The molecule has 1 fully saturated rings. The van der Waals surface area contributed by atoms with E-state index in [4.69, 9.17) is 19.9 Å². The first-order valence-corrected chi connectivity index (χ1v) is 10.8. The summed E-state index contributed by atoms with van der Waals surface area (Å²) in [6.07, 6.45) is -2.39. The number of hydrogen-bond acceptors (Lipinski definition) is 9. The lowest BCUT2D eigenvalue weighted by atomic mass is 10.1. The monoisotopic (exact) mass is 470 g/mol. The van der Waals surface area contributed by atoms with Crippen molar-refractivity contribution in [3.63, 3.8) is 0 Å². The van der Waals surface area contributed by atoms with Crippen molar-refractivity contribution in [3.05, 3.63) is 29.8 Å². The van der Waals surface area contributed by atoms with Gasteiger partial charge in [0, 0.05) is 31.8 Å². The number of ether oxygens (including phenoxy) is 3. The van der Waals surface area contributed by atoms with Crippen LogP contribution in [0.15, 0.2) is 24.3 Å². The minimum absolute atomic E-state index is 0.0718. The zero-order valence-corrected chi connectivity index (χ0v) is 18.2. The Morgan fingerprint density at radius 3 is 2.30 bits per heavy atom. The van der Waals surface area contributed by atoms with Crippen molar-refractivity contribution in [2.24, 2.45) is 5.73 Å². The number of nitrogens with two attached hydrogens (primary N) is 1. The van der Waals surface area contributed by atoms with Crippen molar-refractivity contribution in [1.29, 1.82) is 0 Å². The molecule has 0 radical (unpaired) electrons. The average molecular weight is 470 g/mol. The molecule has 4 N–H and O–H groups in total. The summed E-state index contributed by atoms with van der Waals surface area (Å²) in [5.74, 6) is 0.860. The fourth-order valence-corrected chi connectivity index (χ4v) is 3.12. The fourth-order valence-electron chi connectivity index (χ4n) is 3.12. The van der Waals surface area contributed by atoms with Gasteiger partial charge in [0.1, 0.15) is 0 Å². The molecule has 1 aromatic carbocycles. The minimum atomic E-state index is -4.41. The highest BCUT2D eigenvalue weighted by atomic mass is 19.4. The van der Waals surface area contributed by atoms with Crippen LogP contribution in [0.2, 0.25) is 0 Å². The number of aromatic nitrogens is 3. The van der Waals surface area contributed by atoms with Crippen molar-refractivity contribution in [3.8, 4) is 11.4 Å². The van der Waals surface area contributed by atoms with Crippen molar-refractivity contribution in [1.82, 2.24) is 15.0 Å². The van der Waals surface area contributed by atoms with E-state index in [0.717, 1.165) is 31.6 Å². The Bertz CT molecular complexity index is 848. The molecule has 1 aliphatic heterocycles. The summed E-state index contributed by atoms with van der Waals surface area (Å²) in [6.45, 7) is 3.92. The molecule has 1 saturated heterocycles. The molecule has 3 rings (SSSR count). The van der Waals surface area contributed by atoms with Gasteiger partial charge in [-0.25, -0.2) is 0 Å². The summed E-state index contributed by atoms with van der Waals surface area (Å²) < 4.78 is 55.0. The second-order valence-electron chi connectivity index (χ2n) is 7.34. The SMILES string of the molecule is NCCOCCOCCNc1nc(NCC2CCCO2)nc(-c2ccc(C(F)(F)F)cc2)n1. The molecule has 12 heteroatoms. The second kappa shape index (κ2) is 12.6. The molecule has 33 heavy (non-hydrogen) atoms. The molecule has 2 heterocycles. The van der Waals surface area contributed by atoms with E-state index in [0.29, 0.717) is 57.6 Å². The number of anilines is 2. The van der Waals surface area contributed by atoms with Gasteiger partial charge in [-0.15, -0.1) is 0 Å². The van der Waals surface area contributed by atoms with Gasteiger partial charge >= 0.3 is 6.18 Å². The summed E-state index contributed by atoms with van der Waals surface area (Å²) >= 11 is 0. The van der Waals surface area contributed by atoms with E-state index in [2.05, 4.69) is 25.6 Å². The van der Waals surface area contributed by atoms with Gasteiger partial charge in [0.25, 0.3) is 0 Å². The Labute approximate surface area is 190 Å². The lowest BCUT2D eigenvalue weighted by Crippen LogP contribution is -2.21. The maximum atomic E-state index is 12.9. The molecule has 9 nitrogen and oxygen atoms in total. The predicted molar refractivity (Wildman–Crippen MR) is 117 cm³/mol. The Balaban J connectivity index is 1.64. The number of nitrogens with one attached hydrogen (secondary N) is 2. The quantitative estimate of drug-likeness (QED) is 0.380. The first kappa shape index (κ1) is 25.1. The topological polar surface area (TPSA) is 116 Å². The second-order valence-corrected chi connectivity index (χ2v) is 7.34. The molecule has 0 aliphatic carbocycles. The maximum Gasteiger partial charge on any atom is 0.416 e. The largest absolute Gasteiger partial charge is 0.416 e. The Morgan fingerprint density at radius 2 is 1.67 bits per heavy atom. The summed E-state index contributed by atoms with van der Waals surface area (Å²) in [5.41, 5.74) is 5.06. The van der Waals surface area contributed by atoms with Crippen LogP contribution in [0.1, 0.15) is 18.4 Å². The van der Waals surface area contributed by atoms with Crippen LogP contribution in [-0.4, -0.2) is 73.7 Å². The smallest absolute Gasteiger partial charge is 0.378 e. The molecule has 0 bridgehead atoms. The molecule has 1 aliphatic rings. The van der Waals surface area contributed by atoms with Gasteiger partial charge in [0.2, 0.25) is 11.9 Å². The first-order chi connectivity index (χ1) is 16.0. The van der Waals surface area contributed by atoms with Crippen LogP contribution in [0.3, 0.4) is 0 Å². The number of nitrogens with zero attached hydrogens (tertiary/aromatic N) is 3. The highest BCUT2D eigenvalue weighted by Gasteiger charge is 2.30. The number of alkyl halides is 3. The summed E-state index contributed by atoms with van der Waals surface area (Å²) in [6, 6.07) is 4.70. The molecule has 2 aromatic rings. The highest BCUT2D eigenvalue weighted by Crippen LogP contribution is 2.30. The average Bonchev–Trinajstić information content (AvgIpc) is 3.33. The van der Waals surface area contributed by atoms with Gasteiger partial charge in [0.15, 0.2) is 5.82 Å². The van der Waals surface area contributed by atoms with E-state index < -0.39 is 11.7 Å². The van der Waals surface area contributed by atoms with E-state index >= 15 is 0 Å². The molecule has 1 atom stereocenters. The van der Waals surface area contributed by atoms with Crippen LogP contribution in [0.25, 0.3) is 11.4 Å².